The highest BCUT2D eigenvalue weighted by Gasteiger charge is 2.02. The summed E-state index contributed by atoms with van der Waals surface area (Å²) in [6, 6.07) is 7.58. The molecule has 0 aliphatic carbocycles. The predicted molar refractivity (Wildman–Crippen MR) is 77.2 cm³/mol. The van der Waals surface area contributed by atoms with Crippen LogP contribution in [-0.2, 0) is 20.7 Å². The fraction of sp³-hybridized carbons (Fsp3) is 0.250. The normalized spacial score (nSPS) is 10.4. The fourth-order valence-corrected chi connectivity index (χ4v) is 1.53. The summed E-state index contributed by atoms with van der Waals surface area (Å²) in [7, 11) is 0. The van der Waals surface area contributed by atoms with E-state index in [-0.39, 0.29) is 5.97 Å². The molecule has 4 nitrogen and oxygen atoms in total. The number of carbonyl (C=O) groups excluding carboxylic acids is 1. The van der Waals surface area contributed by atoms with Crippen LogP contribution in [-0.4, -0.2) is 23.7 Å². The zero-order valence-electron chi connectivity index (χ0n) is 11.5. The molecule has 0 aliphatic rings. The molecule has 1 N–H and O–H groups in total. The van der Waals surface area contributed by atoms with Crippen LogP contribution in [0.5, 0.6) is 0 Å². The Bertz CT molecular complexity index is 512. The van der Waals surface area contributed by atoms with Crippen LogP contribution in [0.3, 0.4) is 0 Å². The summed E-state index contributed by atoms with van der Waals surface area (Å²) in [5.41, 5.74) is 2.35. The second-order valence-electron chi connectivity index (χ2n) is 4.43. The second kappa shape index (κ2) is 7.94. The summed E-state index contributed by atoms with van der Waals surface area (Å²) < 4.78 is 5.00. The van der Waals surface area contributed by atoms with Crippen molar-refractivity contribution in [2.75, 3.05) is 6.61 Å². The van der Waals surface area contributed by atoms with Crippen LogP contribution in [0.15, 0.2) is 42.5 Å². The highest BCUT2D eigenvalue weighted by Crippen LogP contribution is 2.08. The Balaban J connectivity index is 2.37. The van der Waals surface area contributed by atoms with E-state index in [0.717, 1.165) is 30.0 Å². The van der Waals surface area contributed by atoms with Gasteiger partial charge in [-0.2, -0.15) is 0 Å². The Labute approximate surface area is 118 Å². The first-order chi connectivity index (χ1) is 9.49. The molecule has 1 aromatic carbocycles. The molecule has 0 amide bonds. The smallest absolute Gasteiger partial charge is 0.333 e. The molecule has 0 aliphatic heterocycles. The molecule has 0 heterocycles. The van der Waals surface area contributed by atoms with Crippen molar-refractivity contribution in [1.29, 1.82) is 0 Å². The second-order valence-corrected chi connectivity index (χ2v) is 4.43. The third kappa shape index (κ3) is 6.00. The van der Waals surface area contributed by atoms with E-state index in [1.54, 1.807) is 13.0 Å². The Hall–Kier alpha value is -2.36. The Morgan fingerprint density at radius 2 is 1.95 bits per heavy atom. The van der Waals surface area contributed by atoms with E-state index in [1.165, 1.54) is 0 Å². The Morgan fingerprint density at radius 3 is 2.50 bits per heavy atom. The summed E-state index contributed by atoms with van der Waals surface area (Å²) in [6.07, 6.45) is 4.18. The van der Waals surface area contributed by atoms with Gasteiger partial charge in [0.05, 0.1) is 6.61 Å². The minimum Gasteiger partial charge on any atom is -0.478 e. The number of aliphatic carboxylic acids is 1. The monoisotopic (exact) mass is 274 g/mol. The third-order valence-electron chi connectivity index (χ3n) is 2.59. The first-order valence-corrected chi connectivity index (χ1v) is 6.31. The van der Waals surface area contributed by atoms with Crippen LogP contribution >= 0.6 is 0 Å². The maximum atomic E-state index is 11.1. The molecule has 0 spiro atoms. The van der Waals surface area contributed by atoms with E-state index in [9.17, 15) is 9.59 Å². The molecule has 0 unspecified atom stereocenters. The lowest BCUT2D eigenvalue weighted by atomic mass is 10.1. The van der Waals surface area contributed by atoms with Crippen LogP contribution in [0, 0.1) is 0 Å². The summed E-state index contributed by atoms with van der Waals surface area (Å²) >= 11 is 0. The van der Waals surface area contributed by atoms with Gasteiger partial charge in [0, 0.05) is 11.6 Å². The summed E-state index contributed by atoms with van der Waals surface area (Å²) in [5, 5.41) is 8.52. The quantitative estimate of drug-likeness (QED) is 0.472. The number of rotatable bonds is 7. The van der Waals surface area contributed by atoms with Gasteiger partial charge in [0.2, 0.25) is 0 Å². The van der Waals surface area contributed by atoms with Crippen molar-refractivity contribution >= 4 is 18.0 Å². The molecule has 4 heteroatoms. The van der Waals surface area contributed by atoms with E-state index < -0.39 is 5.97 Å². The Kier molecular flexibility index (Phi) is 6.23. The van der Waals surface area contributed by atoms with Gasteiger partial charge in [-0.15, -0.1) is 0 Å². The van der Waals surface area contributed by atoms with Crippen molar-refractivity contribution in [1.82, 2.24) is 0 Å². The van der Waals surface area contributed by atoms with Crippen LogP contribution in [0.4, 0.5) is 0 Å². The lowest BCUT2D eigenvalue weighted by Gasteiger charge is -2.04. The summed E-state index contributed by atoms with van der Waals surface area (Å²) in [4.78, 5) is 21.5. The van der Waals surface area contributed by atoms with Crippen molar-refractivity contribution in [3.63, 3.8) is 0 Å². The summed E-state index contributed by atoms with van der Waals surface area (Å²) in [5.74, 6) is -1.33. The average Bonchev–Trinajstić information content (AvgIpc) is 2.42. The van der Waals surface area contributed by atoms with Gasteiger partial charge in [-0.25, -0.2) is 9.59 Å². The van der Waals surface area contributed by atoms with Gasteiger partial charge in [0.25, 0.3) is 0 Å². The molecule has 0 atom stereocenters. The number of hydrogen-bond acceptors (Lipinski definition) is 3. The minimum absolute atomic E-state index is 0.362. The molecule has 0 saturated heterocycles. The van der Waals surface area contributed by atoms with Crippen molar-refractivity contribution < 1.29 is 19.4 Å². The molecule has 0 aromatic heterocycles. The molecule has 106 valence electrons. The molecule has 1 aromatic rings. The number of benzene rings is 1. The summed E-state index contributed by atoms with van der Waals surface area (Å²) in [6.45, 7) is 5.49. The van der Waals surface area contributed by atoms with Gasteiger partial charge < -0.3 is 9.84 Å². The minimum atomic E-state index is -0.964. The molecule has 0 saturated carbocycles. The van der Waals surface area contributed by atoms with Crippen molar-refractivity contribution in [3.8, 4) is 0 Å². The molecule has 0 bridgehead atoms. The number of aryl methyl sites for hydroxylation is 1. The number of ether oxygens (including phenoxy) is 1. The first-order valence-electron chi connectivity index (χ1n) is 6.31. The maximum absolute atomic E-state index is 11.1. The van der Waals surface area contributed by atoms with Gasteiger partial charge in [-0.05, 0) is 37.0 Å². The fourth-order valence-electron chi connectivity index (χ4n) is 1.53. The number of carboxylic acid groups (broad SMARTS) is 1. The molecule has 20 heavy (non-hydrogen) atoms. The lowest BCUT2D eigenvalue weighted by molar-refractivity contribution is -0.139. The highest BCUT2D eigenvalue weighted by atomic mass is 16.5. The highest BCUT2D eigenvalue weighted by molar-refractivity contribution is 5.87. The predicted octanol–water partition coefficient (Wildman–Crippen LogP) is 2.84. The Morgan fingerprint density at radius 1 is 1.30 bits per heavy atom. The van der Waals surface area contributed by atoms with Crippen molar-refractivity contribution in [3.05, 3.63) is 53.6 Å². The van der Waals surface area contributed by atoms with Crippen LogP contribution in [0.2, 0.25) is 0 Å². The van der Waals surface area contributed by atoms with Crippen molar-refractivity contribution in [2.45, 2.75) is 19.8 Å². The van der Waals surface area contributed by atoms with Crippen LogP contribution in [0.25, 0.3) is 6.08 Å². The largest absolute Gasteiger partial charge is 0.478 e. The zero-order chi connectivity index (χ0) is 15.0. The van der Waals surface area contributed by atoms with Gasteiger partial charge in [0.1, 0.15) is 0 Å². The van der Waals surface area contributed by atoms with Crippen LogP contribution < -0.4 is 0 Å². The number of esters is 1. The standard InChI is InChI=1S/C16H18O4/c1-12(2)16(19)20-11-3-4-13-5-7-14(8-6-13)9-10-15(17)18/h5-10H,1,3-4,11H2,2H3,(H,17,18). The maximum Gasteiger partial charge on any atom is 0.333 e. The molecular weight excluding hydrogens is 256 g/mol. The zero-order valence-corrected chi connectivity index (χ0v) is 11.5. The SMILES string of the molecule is C=C(C)C(=O)OCCCc1ccc(C=CC(=O)O)cc1. The third-order valence-corrected chi connectivity index (χ3v) is 2.59. The van der Waals surface area contributed by atoms with E-state index >= 15 is 0 Å². The lowest BCUT2D eigenvalue weighted by Crippen LogP contribution is -2.06. The molecule has 1 rings (SSSR count). The van der Waals surface area contributed by atoms with Gasteiger partial charge in [0.15, 0.2) is 0 Å². The molecule has 0 fully saturated rings. The number of carbonyl (C=O) groups is 2. The molecular formula is C16H18O4. The van der Waals surface area contributed by atoms with E-state index in [0.29, 0.717) is 12.2 Å². The average molecular weight is 274 g/mol. The van der Waals surface area contributed by atoms with Gasteiger partial charge in [-0.3, -0.25) is 0 Å². The van der Waals surface area contributed by atoms with Gasteiger partial charge in [-0.1, -0.05) is 30.8 Å². The van der Waals surface area contributed by atoms with Crippen molar-refractivity contribution in [2.24, 2.45) is 0 Å². The van der Waals surface area contributed by atoms with Crippen LogP contribution in [0.1, 0.15) is 24.5 Å². The van der Waals surface area contributed by atoms with E-state index in [2.05, 4.69) is 6.58 Å². The van der Waals surface area contributed by atoms with E-state index in [1.807, 2.05) is 24.3 Å². The first kappa shape index (κ1) is 15.7. The number of carboxylic acids is 1. The molecule has 0 radical (unpaired) electrons. The van der Waals surface area contributed by atoms with E-state index in [4.69, 9.17) is 9.84 Å². The van der Waals surface area contributed by atoms with Gasteiger partial charge >= 0.3 is 11.9 Å². The number of hydrogen-bond donors (Lipinski definition) is 1. The topological polar surface area (TPSA) is 63.6 Å².